The molecule has 6 N–H and O–H groups in total. The zero-order valence-corrected chi connectivity index (χ0v) is 18.5. The van der Waals surface area contributed by atoms with Crippen molar-refractivity contribution in [2.45, 2.75) is 89.4 Å². The Morgan fingerprint density at radius 1 is 1.26 bits per heavy atom. The van der Waals surface area contributed by atoms with E-state index in [1.165, 1.54) is 13.8 Å². The molecule has 0 aliphatic carbocycles. The Morgan fingerprint density at radius 2 is 1.87 bits per heavy atom. The summed E-state index contributed by atoms with van der Waals surface area (Å²) in [6.07, 6.45) is -7.71. The van der Waals surface area contributed by atoms with Gasteiger partial charge in [0.25, 0.3) is 0 Å². The number of hydrogen-bond acceptors (Lipinski definition) is 10. The van der Waals surface area contributed by atoms with E-state index in [0.717, 1.165) is 0 Å². The number of amides is 1. The lowest BCUT2D eigenvalue weighted by Gasteiger charge is -2.40. The molecule has 8 unspecified atom stereocenters. The van der Waals surface area contributed by atoms with Gasteiger partial charge in [-0.2, -0.15) is 0 Å². The highest BCUT2D eigenvalue weighted by molar-refractivity contribution is 5.73. The summed E-state index contributed by atoms with van der Waals surface area (Å²) < 4.78 is 22.6. The average molecular weight is 449 g/mol. The van der Waals surface area contributed by atoms with Crippen molar-refractivity contribution in [2.24, 2.45) is 5.41 Å². The number of ether oxygens (including phenoxy) is 4. The van der Waals surface area contributed by atoms with Gasteiger partial charge in [-0.15, -0.1) is 0 Å². The topological polar surface area (TPSA) is 170 Å². The van der Waals surface area contributed by atoms with Gasteiger partial charge >= 0.3 is 5.97 Å². The molecule has 0 aromatic rings. The van der Waals surface area contributed by atoms with E-state index in [9.17, 15) is 30.3 Å². The van der Waals surface area contributed by atoms with Gasteiger partial charge in [-0.05, 0) is 12.3 Å². The third-order valence-electron chi connectivity index (χ3n) is 5.28. The van der Waals surface area contributed by atoms with Crippen LogP contribution in [0, 0.1) is 5.41 Å². The van der Waals surface area contributed by atoms with Crippen molar-refractivity contribution in [2.75, 3.05) is 13.2 Å². The number of carbonyl (C=O) groups is 1. The number of aliphatic hydroxyl groups excluding tert-OH is 5. The maximum Gasteiger partial charge on any atom is 0.315 e. The standard InChI is InChI=1S/C20H35NO10/c1-9(23)13(7-22)29-17(19(4,5)6)12(21-11(3)25)8-28-20-18(31-20)15(27)14(26)16(30-20)10(2)24/h9,12-18,22-24,26-27H,2,7-8H2,1,3-6H3,(H,21,25)/t9-,12?,13?,14?,15?,16?,17?,18?,20?/m0/s1. The monoisotopic (exact) mass is 449 g/mol. The highest BCUT2D eigenvalue weighted by Gasteiger charge is 2.71. The first kappa shape index (κ1) is 25.9. The van der Waals surface area contributed by atoms with E-state index in [1.807, 2.05) is 20.8 Å². The third-order valence-corrected chi connectivity index (χ3v) is 5.28. The van der Waals surface area contributed by atoms with Crippen molar-refractivity contribution in [1.29, 1.82) is 0 Å². The molecule has 0 saturated carbocycles. The minimum atomic E-state index is -1.73. The van der Waals surface area contributed by atoms with E-state index in [0.29, 0.717) is 0 Å². The van der Waals surface area contributed by atoms with Crippen molar-refractivity contribution in [3.05, 3.63) is 12.3 Å². The minimum absolute atomic E-state index is 0.191. The molecule has 2 heterocycles. The normalized spacial score (nSPS) is 34.2. The highest BCUT2D eigenvalue weighted by atomic mass is 17.0. The molecular formula is C20H35NO10. The summed E-state index contributed by atoms with van der Waals surface area (Å²) in [7, 11) is 0. The summed E-state index contributed by atoms with van der Waals surface area (Å²) in [5, 5.41) is 52.1. The van der Waals surface area contributed by atoms with Crippen LogP contribution < -0.4 is 5.32 Å². The molecule has 2 aliphatic rings. The second kappa shape index (κ2) is 9.67. The van der Waals surface area contributed by atoms with Gasteiger partial charge in [-0.1, -0.05) is 27.4 Å². The van der Waals surface area contributed by atoms with Gasteiger partial charge in [-0.25, -0.2) is 0 Å². The molecule has 0 aromatic carbocycles. The first-order valence-corrected chi connectivity index (χ1v) is 10.2. The second-order valence-electron chi connectivity index (χ2n) is 9.16. The summed E-state index contributed by atoms with van der Waals surface area (Å²) in [5.41, 5.74) is -0.550. The van der Waals surface area contributed by atoms with Gasteiger partial charge in [0.1, 0.15) is 30.2 Å². The predicted molar refractivity (Wildman–Crippen MR) is 107 cm³/mol. The van der Waals surface area contributed by atoms with Crippen molar-refractivity contribution in [1.82, 2.24) is 5.32 Å². The van der Waals surface area contributed by atoms with Crippen molar-refractivity contribution < 1.29 is 49.3 Å². The number of rotatable bonds is 10. The lowest BCUT2D eigenvalue weighted by Crippen LogP contribution is -2.57. The zero-order valence-electron chi connectivity index (χ0n) is 18.5. The molecule has 2 rings (SSSR count). The van der Waals surface area contributed by atoms with Gasteiger partial charge in [-0.3, -0.25) is 4.79 Å². The van der Waals surface area contributed by atoms with E-state index in [1.54, 1.807) is 0 Å². The Balaban J connectivity index is 2.20. The maximum absolute atomic E-state index is 11.9. The van der Waals surface area contributed by atoms with Crippen molar-refractivity contribution in [3.8, 4) is 0 Å². The minimum Gasteiger partial charge on any atom is -0.510 e. The van der Waals surface area contributed by atoms with E-state index in [2.05, 4.69) is 11.9 Å². The zero-order chi connectivity index (χ0) is 23.7. The second-order valence-corrected chi connectivity index (χ2v) is 9.16. The molecule has 11 nitrogen and oxygen atoms in total. The van der Waals surface area contributed by atoms with Gasteiger partial charge in [0.05, 0.1) is 31.5 Å². The summed E-state index contributed by atoms with van der Waals surface area (Å²) in [6.45, 7) is 11.1. The molecule has 2 fully saturated rings. The Hall–Kier alpha value is -1.31. The van der Waals surface area contributed by atoms with Gasteiger partial charge < -0.3 is 49.8 Å². The van der Waals surface area contributed by atoms with Crippen LogP contribution >= 0.6 is 0 Å². The van der Waals surface area contributed by atoms with E-state index in [-0.39, 0.29) is 12.5 Å². The SMILES string of the molecule is C=C(O)C1OC2(OCC(NC(C)=O)C(OC(CO)[C@H](C)O)C(C)(C)C)OC2C(O)C1O. The van der Waals surface area contributed by atoms with Crippen LogP contribution in [0.15, 0.2) is 12.3 Å². The van der Waals surface area contributed by atoms with Crippen molar-refractivity contribution >= 4 is 5.91 Å². The largest absolute Gasteiger partial charge is 0.510 e. The number of nitrogens with one attached hydrogen (secondary N) is 1. The molecule has 0 radical (unpaired) electrons. The molecule has 0 spiro atoms. The van der Waals surface area contributed by atoms with Crippen LogP contribution in [0.5, 0.6) is 0 Å². The molecule has 2 saturated heterocycles. The van der Waals surface area contributed by atoms with Gasteiger partial charge in [0.2, 0.25) is 5.91 Å². The quantitative estimate of drug-likeness (QED) is 0.178. The summed E-state index contributed by atoms with van der Waals surface area (Å²) in [5.74, 6) is -2.59. The number of carbonyl (C=O) groups excluding carboxylic acids is 1. The fourth-order valence-corrected chi connectivity index (χ4v) is 3.61. The molecule has 31 heavy (non-hydrogen) atoms. The molecule has 0 bridgehead atoms. The molecule has 1 amide bonds. The Bertz CT molecular complexity index is 650. The molecule has 2 aliphatic heterocycles. The van der Waals surface area contributed by atoms with Crippen molar-refractivity contribution in [3.63, 3.8) is 0 Å². The fraction of sp³-hybridized carbons (Fsp3) is 0.850. The lowest BCUT2D eigenvalue weighted by atomic mass is 9.84. The number of epoxide rings is 1. The number of hydrogen-bond donors (Lipinski definition) is 6. The Morgan fingerprint density at radius 3 is 2.32 bits per heavy atom. The van der Waals surface area contributed by atoms with Crippen LogP contribution in [0.2, 0.25) is 0 Å². The Kier molecular flexibility index (Phi) is 8.10. The summed E-state index contributed by atoms with van der Waals surface area (Å²) in [6, 6.07) is -0.757. The highest BCUT2D eigenvalue weighted by Crippen LogP contribution is 2.48. The van der Waals surface area contributed by atoms with E-state index < -0.39 is 72.5 Å². The fourth-order valence-electron chi connectivity index (χ4n) is 3.61. The average Bonchev–Trinajstić information content (AvgIpc) is 3.36. The van der Waals surface area contributed by atoms with Crippen LogP contribution in [0.1, 0.15) is 34.6 Å². The van der Waals surface area contributed by atoms with E-state index >= 15 is 0 Å². The van der Waals surface area contributed by atoms with E-state index in [4.69, 9.17) is 18.9 Å². The molecule has 180 valence electrons. The smallest absolute Gasteiger partial charge is 0.315 e. The molecule has 9 atom stereocenters. The first-order chi connectivity index (χ1) is 14.2. The first-order valence-electron chi connectivity index (χ1n) is 10.2. The summed E-state index contributed by atoms with van der Waals surface area (Å²) in [4.78, 5) is 11.9. The van der Waals surface area contributed by atoms with Gasteiger partial charge in [0.15, 0.2) is 6.10 Å². The van der Waals surface area contributed by atoms with Crippen LogP contribution in [0.4, 0.5) is 0 Å². The maximum atomic E-state index is 11.9. The Labute approximate surface area is 181 Å². The van der Waals surface area contributed by atoms with Gasteiger partial charge in [0, 0.05) is 6.92 Å². The van der Waals surface area contributed by atoms with Crippen LogP contribution in [-0.2, 0) is 23.7 Å². The number of fused-ring (bicyclic) bond motifs is 1. The summed E-state index contributed by atoms with van der Waals surface area (Å²) >= 11 is 0. The van der Waals surface area contributed by atoms with Crippen LogP contribution in [-0.4, -0.2) is 99.4 Å². The molecular weight excluding hydrogens is 414 g/mol. The molecule has 11 heteroatoms. The third kappa shape index (κ3) is 5.93. The molecule has 0 aromatic heterocycles. The lowest BCUT2D eigenvalue weighted by molar-refractivity contribution is -0.284. The predicted octanol–water partition coefficient (Wildman–Crippen LogP) is -1.07. The van der Waals surface area contributed by atoms with Crippen LogP contribution in [0.3, 0.4) is 0 Å². The number of aliphatic hydroxyl groups is 5. The van der Waals surface area contributed by atoms with Crippen LogP contribution in [0.25, 0.3) is 0 Å².